The molecule has 2 N–H and O–H groups in total. The second-order valence-electron chi connectivity index (χ2n) is 9.74. The zero-order valence-corrected chi connectivity index (χ0v) is 20.9. The quantitative estimate of drug-likeness (QED) is 0.387. The Labute approximate surface area is 186 Å². The van der Waals surface area contributed by atoms with Gasteiger partial charge < -0.3 is 29.6 Å². The molecule has 1 saturated carbocycles. The van der Waals surface area contributed by atoms with Gasteiger partial charge in [-0.3, -0.25) is 0 Å². The van der Waals surface area contributed by atoms with Crippen molar-refractivity contribution in [3.05, 3.63) is 0 Å². The molecule has 30 heavy (non-hydrogen) atoms. The van der Waals surface area contributed by atoms with Crippen molar-refractivity contribution >= 4 is 0 Å². The molecule has 0 aromatic rings. The summed E-state index contributed by atoms with van der Waals surface area (Å²) in [5, 5.41) is 7.44. The first-order valence-electron chi connectivity index (χ1n) is 12.2. The van der Waals surface area contributed by atoms with Crippen LogP contribution in [-0.4, -0.2) is 75.0 Å². The first kappa shape index (κ1) is 27.8. The molecule has 1 fully saturated rings. The highest BCUT2D eigenvalue weighted by molar-refractivity contribution is 4.83. The van der Waals surface area contributed by atoms with Gasteiger partial charge in [0, 0.05) is 25.2 Å². The Morgan fingerprint density at radius 3 is 1.17 bits per heavy atom. The van der Waals surface area contributed by atoms with E-state index < -0.39 is 0 Å². The molecular formula is C24H50N2O4. The van der Waals surface area contributed by atoms with Crippen molar-refractivity contribution in [1.82, 2.24) is 10.6 Å². The molecule has 6 nitrogen and oxygen atoms in total. The predicted octanol–water partition coefficient (Wildman–Crippen LogP) is 3.91. The fourth-order valence-electron chi connectivity index (χ4n) is 3.76. The predicted molar refractivity (Wildman–Crippen MR) is 124 cm³/mol. The Bertz CT molecular complexity index is 372. The molecule has 0 aliphatic heterocycles. The monoisotopic (exact) mass is 430 g/mol. The van der Waals surface area contributed by atoms with Gasteiger partial charge in [-0.25, -0.2) is 0 Å². The van der Waals surface area contributed by atoms with Crippen molar-refractivity contribution < 1.29 is 18.9 Å². The van der Waals surface area contributed by atoms with Gasteiger partial charge in [-0.1, -0.05) is 0 Å². The van der Waals surface area contributed by atoms with Gasteiger partial charge in [0.15, 0.2) is 0 Å². The summed E-state index contributed by atoms with van der Waals surface area (Å²) in [4.78, 5) is 0. The first-order valence-corrected chi connectivity index (χ1v) is 12.2. The highest BCUT2D eigenvalue weighted by Gasteiger charge is 2.23. The van der Waals surface area contributed by atoms with Crippen LogP contribution in [0.15, 0.2) is 0 Å². The Balaban J connectivity index is 2.31. The van der Waals surface area contributed by atoms with Gasteiger partial charge in [0.25, 0.3) is 0 Å². The molecule has 0 spiro atoms. The average molecular weight is 431 g/mol. The zero-order valence-electron chi connectivity index (χ0n) is 20.9. The molecule has 1 aliphatic carbocycles. The molecule has 2 unspecified atom stereocenters. The van der Waals surface area contributed by atoms with E-state index in [-0.39, 0.29) is 36.6 Å². The third-order valence-corrected chi connectivity index (χ3v) is 5.16. The maximum Gasteiger partial charge on any atom is 0.0936 e. The van der Waals surface area contributed by atoms with E-state index in [0.717, 1.165) is 13.1 Å². The van der Waals surface area contributed by atoms with Crippen molar-refractivity contribution in [1.29, 1.82) is 0 Å². The van der Waals surface area contributed by atoms with Crippen LogP contribution in [0.5, 0.6) is 0 Å². The molecule has 2 atom stereocenters. The van der Waals surface area contributed by atoms with Crippen LogP contribution >= 0.6 is 0 Å². The van der Waals surface area contributed by atoms with Crippen LogP contribution in [0.25, 0.3) is 0 Å². The first-order chi connectivity index (χ1) is 14.2. The van der Waals surface area contributed by atoms with Crippen molar-refractivity contribution in [2.75, 3.05) is 26.3 Å². The topological polar surface area (TPSA) is 61.0 Å². The lowest BCUT2D eigenvalue weighted by Gasteiger charge is -2.32. The van der Waals surface area contributed by atoms with E-state index in [1.807, 2.05) is 0 Å². The zero-order chi connectivity index (χ0) is 22.5. The third-order valence-electron chi connectivity index (χ3n) is 5.16. The smallest absolute Gasteiger partial charge is 0.0936 e. The Morgan fingerprint density at radius 2 is 0.900 bits per heavy atom. The molecule has 1 aliphatic rings. The minimum atomic E-state index is 0.109. The van der Waals surface area contributed by atoms with E-state index in [2.05, 4.69) is 66.0 Å². The van der Waals surface area contributed by atoms with Crippen LogP contribution in [-0.2, 0) is 18.9 Å². The number of hydrogen-bond acceptors (Lipinski definition) is 6. The summed E-state index contributed by atoms with van der Waals surface area (Å²) in [5.74, 6) is 0. The highest BCUT2D eigenvalue weighted by Crippen LogP contribution is 2.19. The minimum Gasteiger partial charge on any atom is -0.376 e. The summed E-state index contributed by atoms with van der Waals surface area (Å²) in [6.07, 6.45) is 5.88. The highest BCUT2D eigenvalue weighted by atomic mass is 16.5. The molecule has 0 aromatic carbocycles. The maximum atomic E-state index is 6.02. The van der Waals surface area contributed by atoms with Gasteiger partial charge in [0.1, 0.15) is 0 Å². The van der Waals surface area contributed by atoms with E-state index in [9.17, 15) is 0 Å². The van der Waals surface area contributed by atoms with Crippen LogP contribution in [0.1, 0.15) is 81.1 Å². The Morgan fingerprint density at radius 1 is 0.567 bits per heavy atom. The maximum absolute atomic E-state index is 6.02. The lowest BCUT2D eigenvalue weighted by Crippen LogP contribution is -2.46. The Hall–Kier alpha value is -0.240. The SMILES string of the molecule is CC(C)OCC(CNC1CCC(NCC(COC(C)C)OC(C)C)CC1)OC(C)C. The molecule has 0 bridgehead atoms. The summed E-state index contributed by atoms with van der Waals surface area (Å²) in [7, 11) is 0. The molecule has 0 saturated heterocycles. The molecule has 180 valence electrons. The van der Waals surface area contributed by atoms with Crippen LogP contribution in [0, 0.1) is 0 Å². The summed E-state index contributed by atoms with van der Waals surface area (Å²) in [6.45, 7) is 19.6. The van der Waals surface area contributed by atoms with Crippen molar-refractivity contribution in [3.8, 4) is 0 Å². The van der Waals surface area contributed by atoms with Crippen LogP contribution in [0.2, 0.25) is 0 Å². The average Bonchev–Trinajstić information content (AvgIpc) is 2.66. The van der Waals surface area contributed by atoms with Crippen molar-refractivity contribution in [3.63, 3.8) is 0 Å². The fourth-order valence-corrected chi connectivity index (χ4v) is 3.76. The summed E-state index contributed by atoms with van der Waals surface area (Å²) >= 11 is 0. The molecule has 1 rings (SSSR count). The largest absolute Gasteiger partial charge is 0.376 e. The van der Waals surface area contributed by atoms with Gasteiger partial charge in [0.05, 0.1) is 49.8 Å². The van der Waals surface area contributed by atoms with Crippen molar-refractivity contribution in [2.24, 2.45) is 0 Å². The van der Waals surface area contributed by atoms with Crippen molar-refractivity contribution in [2.45, 2.75) is 130 Å². The van der Waals surface area contributed by atoms with E-state index in [4.69, 9.17) is 18.9 Å². The van der Waals surface area contributed by atoms with Crippen LogP contribution in [0.4, 0.5) is 0 Å². The van der Waals surface area contributed by atoms with Gasteiger partial charge in [-0.2, -0.15) is 0 Å². The van der Waals surface area contributed by atoms with E-state index in [1.54, 1.807) is 0 Å². The third kappa shape index (κ3) is 13.9. The van der Waals surface area contributed by atoms with E-state index in [0.29, 0.717) is 25.3 Å². The molecule has 0 aromatic heterocycles. The molecule has 6 heteroatoms. The molecule has 0 heterocycles. The van der Waals surface area contributed by atoms with Crippen LogP contribution in [0.3, 0.4) is 0 Å². The lowest BCUT2D eigenvalue weighted by molar-refractivity contribution is -0.0592. The van der Waals surface area contributed by atoms with Gasteiger partial charge in [-0.15, -0.1) is 0 Å². The number of rotatable bonds is 16. The summed E-state index contributed by atoms with van der Waals surface area (Å²) in [5.41, 5.74) is 0. The molecular weight excluding hydrogens is 380 g/mol. The standard InChI is InChI=1S/C24H50N2O4/c1-17(2)27-15-23(29-19(5)6)13-25-21-9-11-22(12-10-21)26-14-24(30-20(7)8)16-28-18(3)4/h17-26H,9-16H2,1-8H3. The minimum absolute atomic E-state index is 0.109. The van der Waals surface area contributed by atoms with Gasteiger partial charge in [-0.05, 0) is 81.1 Å². The normalized spacial score (nSPS) is 22.4. The molecule has 0 amide bonds. The lowest BCUT2D eigenvalue weighted by atomic mass is 9.91. The number of nitrogens with one attached hydrogen (secondary N) is 2. The summed E-state index contributed by atoms with van der Waals surface area (Å²) < 4.78 is 23.6. The second kappa shape index (κ2) is 15.5. The van der Waals surface area contributed by atoms with E-state index in [1.165, 1.54) is 25.7 Å². The van der Waals surface area contributed by atoms with E-state index >= 15 is 0 Å². The molecule has 0 radical (unpaired) electrons. The Kier molecular flexibility index (Phi) is 14.4. The number of ether oxygens (including phenoxy) is 4. The second-order valence-corrected chi connectivity index (χ2v) is 9.74. The van der Waals surface area contributed by atoms with Gasteiger partial charge >= 0.3 is 0 Å². The van der Waals surface area contributed by atoms with Crippen LogP contribution < -0.4 is 10.6 Å². The summed E-state index contributed by atoms with van der Waals surface area (Å²) in [6, 6.07) is 1.12. The van der Waals surface area contributed by atoms with Gasteiger partial charge in [0.2, 0.25) is 0 Å². The number of hydrogen-bond donors (Lipinski definition) is 2. The fraction of sp³-hybridized carbons (Fsp3) is 1.00.